The maximum absolute atomic E-state index is 13.6. The number of carboxylic acids is 1. The molecule has 0 bridgehead atoms. The second kappa shape index (κ2) is 9.10. The molecular weight excluding hydrogens is 445 g/mol. The second-order valence-corrected chi connectivity index (χ2v) is 7.64. The van der Waals surface area contributed by atoms with Crippen LogP contribution in [0.4, 0.5) is 18.0 Å². The van der Waals surface area contributed by atoms with E-state index in [1.54, 1.807) is 17.4 Å². The van der Waals surface area contributed by atoms with Crippen molar-refractivity contribution in [3.8, 4) is 11.1 Å². The van der Waals surface area contributed by atoms with Crippen LogP contribution in [0.3, 0.4) is 0 Å². The molecular formula is C22H21F3N2O6. The highest BCUT2D eigenvalue weighted by Crippen LogP contribution is 2.44. The highest BCUT2D eigenvalue weighted by Gasteiger charge is 2.58. The van der Waals surface area contributed by atoms with Gasteiger partial charge in [-0.25, -0.2) is 9.59 Å². The molecule has 0 fully saturated rings. The van der Waals surface area contributed by atoms with Crippen molar-refractivity contribution >= 4 is 18.0 Å². The number of amides is 2. The van der Waals surface area contributed by atoms with E-state index in [2.05, 4.69) is 0 Å². The van der Waals surface area contributed by atoms with Gasteiger partial charge in [-0.05, 0) is 29.2 Å². The Morgan fingerprint density at radius 3 is 2.03 bits per heavy atom. The summed E-state index contributed by atoms with van der Waals surface area (Å²) in [5, 5.41) is 21.0. The van der Waals surface area contributed by atoms with Gasteiger partial charge in [-0.15, -0.1) is 0 Å². The number of alkyl halides is 3. The normalized spacial score (nSPS) is 15.5. The molecule has 0 saturated heterocycles. The number of alkyl carbamates (subject to hydrolysis) is 1. The molecule has 2 aromatic rings. The van der Waals surface area contributed by atoms with Crippen LogP contribution < -0.4 is 10.6 Å². The summed E-state index contributed by atoms with van der Waals surface area (Å²) in [5.74, 6) is -3.88. The zero-order valence-corrected chi connectivity index (χ0v) is 17.3. The number of nitrogens with one attached hydrogen (secondary N) is 2. The van der Waals surface area contributed by atoms with Crippen molar-refractivity contribution in [1.29, 1.82) is 0 Å². The molecule has 0 heterocycles. The largest absolute Gasteiger partial charge is 0.479 e. The first-order chi connectivity index (χ1) is 15.5. The number of carbonyl (C=O) groups is 3. The molecule has 1 unspecified atom stereocenters. The molecule has 0 aliphatic heterocycles. The molecule has 0 spiro atoms. The molecule has 1 aliphatic rings. The first kappa shape index (κ1) is 24.1. The topological polar surface area (TPSA) is 125 Å². The maximum atomic E-state index is 13.6. The lowest BCUT2D eigenvalue weighted by Gasteiger charge is -2.31. The minimum atomic E-state index is -5.24. The van der Waals surface area contributed by atoms with Crippen molar-refractivity contribution in [1.82, 2.24) is 10.6 Å². The number of hydrogen-bond acceptors (Lipinski definition) is 5. The molecule has 1 aliphatic carbocycles. The zero-order chi connectivity index (χ0) is 24.4. The fraction of sp³-hybridized carbons (Fsp3) is 0.318. The summed E-state index contributed by atoms with van der Waals surface area (Å²) in [5.41, 5.74) is 0.140. The summed E-state index contributed by atoms with van der Waals surface area (Å²) in [4.78, 5) is 35.0. The van der Waals surface area contributed by atoms with Crippen LogP contribution in [0.2, 0.25) is 0 Å². The molecule has 8 nitrogen and oxygen atoms in total. The Morgan fingerprint density at radius 1 is 1.03 bits per heavy atom. The third-order valence-corrected chi connectivity index (χ3v) is 5.46. The third kappa shape index (κ3) is 4.77. The van der Waals surface area contributed by atoms with Crippen LogP contribution >= 0.6 is 0 Å². The number of aliphatic hydroxyl groups is 1. The standard InChI is InChI=1S/C22H21F3N2O6/c1-21(22(23,24)25,19(31)26-10-17(28)18(29)30)27-20(32)33-11-16-14-8-4-2-6-12(14)13-7-3-5-9-15(13)16/h2-9,16-17,28H,10-11H2,1H3,(H,26,31)(H,27,32)(H,29,30)/t17-,21?/m0/s1. The number of hydrogen-bond donors (Lipinski definition) is 4. The number of ether oxygens (including phenoxy) is 1. The molecule has 176 valence electrons. The Morgan fingerprint density at radius 2 is 1.55 bits per heavy atom. The van der Waals surface area contributed by atoms with Crippen molar-refractivity contribution in [2.24, 2.45) is 0 Å². The quantitative estimate of drug-likeness (QED) is 0.497. The minimum Gasteiger partial charge on any atom is -0.479 e. The Bertz CT molecular complexity index is 1030. The third-order valence-electron chi connectivity index (χ3n) is 5.46. The average Bonchev–Trinajstić information content (AvgIpc) is 3.08. The molecule has 11 heteroatoms. The van der Waals surface area contributed by atoms with Gasteiger partial charge in [0.05, 0.1) is 6.54 Å². The first-order valence-electron chi connectivity index (χ1n) is 9.84. The number of carbonyl (C=O) groups excluding carboxylic acids is 2. The number of aliphatic hydroxyl groups excluding tert-OH is 1. The second-order valence-electron chi connectivity index (χ2n) is 7.64. The molecule has 33 heavy (non-hydrogen) atoms. The smallest absolute Gasteiger partial charge is 0.420 e. The maximum Gasteiger partial charge on any atom is 0.420 e. The minimum absolute atomic E-state index is 0.271. The number of carboxylic acid groups (broad SMARTS) is 1. The van der Waals surface area contributed by atoms with Crippen LogP contribution in [-0.2, 0) is 14.3 Å². The van der Waals surface area contributed by atoms with Gasteiger partial charge in [0.2, 0.25) is 5.54 Å². The summed E-state index contributed by atoms with van der Waals surface area (Å²) in [6.45, 7) is -0.837. The number of benzene rings is 2. The molecule has 0 saturated carbocycles. The lowest BCUT2D eigenvalue weighted by Crippen LogP contribution is -2.66. The summed E-state index contributed by atoms with van der Waals surface area (Å²) >= 11 is 0. The monoisotopic (exact) mass is 466 g/mol. The van der Waals surface area contributed by atoms with Crippen LogP contribution in [0.5, 0.6) is 0 Å². The summed E-state index contributed by atoms with van der Waals surface area (Å²) in [6, 6.07) is 14.8. The summed E-state index contributed by atoms with van der Waals surface area (Å²) in [6.07, 6.45) is -8.83. The van der Waals surface area contributed by atoms with Crippen LogP contribution in [0.1, 0.15) is 24.0 Å². The van der Waals surface area contributed by atoms with Crippen molar-refractivity contribution in [2.45, 2.75) is 30.7 Å². The van der Waals surface area contributed by atoms with E-state index >= 15 is 0 Å². The van der Waals surface area contributed by atoms with Crippen molar-refractivity contribution in [3.63, 3.8) is 0 Å². The van der Waals surface area contributed by atoms with Gasteiger partial charge < -0.3 is 20.3 Å². The number of fused-ring (bicyclic) bond motifs is 3. The predicted octanol–water partition coefficient (Wildman–Crippen LogP) is 2.41. The number of aliphatic carboxylic acids is 1. The SMILES string of the molecule is CC(NC(=O)OCC1c2ccccc2-c2ccccc21)(C(=O)NC[C@H](O)C(=O)O)C(F)(F)F. The Balaban J connectivity index is 1.72. The Hall–Kier alpha value is -3.60. The molecule has 2 amide bonds. The molecule has 0 aromatic heterocycles. The molecule has 2 atom stereocenters. The van der Waals surface area contributed by atoms with Gasteiger partial charge in [0.15, 0.2) is 6.10 Å². The van der Waals surface area contributed by atoms with E-state index in [1.807, 2.05) is 36.4 Å². The van der Waals surface area contributed by atoms with Crippen molar-refractivity contribution in [3.05, 3.63) is 59.7 Å². The molecule has 3 rings (SSSR count). The number of halogens is 3. The molecule has 4 N–H and O–H groups in total. The van der Waals surface area contributed by atoms with E-state index in [9.17, 15) is 32.7 Å². The fourth-order valence-corrected chi connectivity index (χ4v) is 3.55. The average molecular weight is 466 g/mol. The highest BCUT2D eigenvalue weighted by molar-refractivity contribution is 5.91. The van der Waals surface area contributed by atoms with Crippen LogP contribution in [0, 0.1) is 0 Å². The van der Waals surface area contributed by atoms with Gasteiger partial charge in [0, 0.05) is 5.92 Å². The predicted molar refractivity (Wildman–Crippen MR) is 109 cm³/mol. The van der Waals surface area contributed by atoms with Gasteiger partial charge in [-0.2, -0.15) is 13.2 Å². The highest BCUT2D eigenvalue weighted by atomic mass is 19.4. The van der Waals surface area contributed by atoms with E-state index < -0.39 is 48.3 Å². The summed E-state index contributed by atoms with van der Waals surface area (Å²) in [7, 11) is 0. The molecule has 0 radical (unpaired) electrons. The van der Waals surface area contributed by atoms with Crippen LogP contribution in [0.15, 0.2) is 48.5 Å². The lowest BCUT2D eigenvalue weighted by molar-refractivity contribution is -0.194. The van der Waals surface area contributed by atoms with E-state index in [1.165, 1.54) is 5.32 Å². The van der Waals surface area contributed by atoms with Crippen LogP contribution in [0.25, 0.3) is 11.1 Å². The Labute approximate surface area is 186 Å². The number of rotatable bonds is 7. The van der Waals surface area contributed by atoms with Gasteiger partial charge in [0.1, 0.15) is 6.61 Å². The van der Waals surface area contributed by atoms with E-state index in [-0.39, 0.29) is 6.61 Å². The summed E-state index contributed by atoms with van der Waals surface area (Å²) < 4.78 is 45.9. The lowest BCUT2D eigenvalue weighted by atomic mass is 9.98. The first-order valence-corrected chi connectivity index (χ1v) is 9.84. The van der Waals surface area contributed by atoms with Crippen molar-refractivity contribution in [2.75, 3.05) is 13.2 Å². The fourth-order valence-electron chi connectivity index (χ4n) is 3.55. The van der Waals surface area contributed by atoms with Gasteiger partial charge in [0.25, 0.3) is 5.91 Å². The van der Waals surface area contributed by atoms with E-state index in [0.717, 1.165) is 22.3 Å². The van der Waals surface area contributed by atoms with Gasteiger partial charge >= 0.3 is 18.2 Å². The van der Waals surface area contributed by atoms with Crippen molar-refractivity contribution < 1.29 is 42.5 Å². The van der Waals surface area contributed by atoms with Gasteiger partial charge in [-0.3, -0.25) is 10.1 Å². The van der Waals surface area contributed by atoms with E-state index in [0.29, 0.717) is 6.92 Å². The van der Waals surface area contributed by atoms with E-state index in [4.69, 9.17) is 9.84 Å². The molecule has 2 aromatic carbocycles. The Kier molecular flexibility index (Phi) is 6.63. The van der Waals surface area contributed by atoms with Gasteiger partial charge in [-0.1, -0.05) is 48.5 Å². The zero-order valence-electron chi connectivity index (χ0n) is 17.3. The van der Waals surface area contributed by atoms with Crippen LogP contribution in [-0.4, -0.2) is 59.2 Å².